The highest BCUT2D eigenvalue weighted by Gasteiger charge is 1.94. The molecule has 1 N–H and O–H groups in total. The van der Waals surface area contributed by atoms with Crippen LogP contribution in [-0.4, -0.2) is 11.2 Å². The Morgan fingerprint density at radius 1 is 1.40 bits per heavy atom. The zero-order valence-electron chi connectivity index (χ0n) is 5.61. The Bertz CT molecular complexity index is 83.5. The molecule has 0 bridgehead atoms. The monoisotopic (exact) mass is 207 g/mol. The minimum absolute atomic E-state index is 0. The zero-order chi connectivity index (χ0) is 5.70. The van der Waals surface area contributed by atoms with E-state index in [1.807, 2.05) is 6.92 Å². The van der Waals surface area contributed by atoms with Crippen LogP contribution in [-0.2, 0) is 0 Å². The molecule has 64 valence electrons. The molecule has 0 aromatic carbocycles. The summed E-state index contributed by atoms with van der Waals surface area (Å²) in [5, 5.41) is 16.5. The molecule has 10 heavy (non-hydrogen) atoms. The molecule has 1 atom stereocenters. The molecule has 0 fully saturated rings. The van der Waals surface area contributed by atoms with Crippen LogP contribution >= 0.6 is 37.2 Å². The van der Waals surface area contributed by atoms with Crippen molar-refractivity contribution in [2.45, 2.75) is 25.9 Å². The van der Waals surface area contributed by atoms with Gasteiger partial charge >= 0.3 is 0 Å². The summed E-state index contributed by atoms with van der Waals surface area (Å²) in [5.41, 5.74) is 0. The van der Waals surface area contributed by atoms with Gasteiger partial charge in [0.15, 0.2) is 0 Å². The predicted octanol–water partition coefficient (Wildman–Crippen LogP) is 1.94. The lowest BCUT2D eigenvalue weighted by molar-refractivity contribution is 0.218. The number of hydrogen-bond donors (Lipinski definition) is 1. The molecule has 1 unspecified atom stereocenters. The number of hydrogen-bond acceptors (Lipinski definition) is 2. The van der Waals surface area contributed by atoms with Gasteiger partial charge in [0.25, 0.3) is 0 Å². The van der Waals surface area contributed by atoms with Gasteiger partial charge in [0, 0.05) is 0 Å². The van der Waals surface area contributed by atoms with E-state index < -0.39 is 6.10 Å². The van der Waals surface area contributed by atoms with Gasteiger partial charge in [0.2, 0.25) is 0 Å². The Morgan fingerprint density at radius 2 is 1.80 bits per heavy atom. The molecule has 0 radical (unpaired) electrons. The second-order valence-electron chi connectivity index (χ2n) is 1.43. The van der Waals surface area contributed by atoms with Crippen LogP contribution in [0.2, 0.25) is 0 Å². The van der Waals surface area contributed by atoms with E-state index in [2.05, 4.69) is 0 Å². The van der Waals surface area contributed by atoms with E-state index in [0.717, 1.165) is 6.42 Å². The molecule has 5 heteroatoms. The Balaban J connectivity index is -0.0000000600. The van der Waals surface area contributed by atoms with Gasteiger partial charge in [-0.25, -0.2) is 0 Å². The van der Waals surface area contributed by atoms with Gasteiger partial charge in [-0.05, 0) is 6.42 Å². The van der Waals surface area contributed by atoms with Crippen molar-refractivity contribution in [3.05, 3.63) is 0 Å². The van der Waals surface area contributed by atoms with Crippen LogP contribution in [0.25, 0.3) is 0 Å². The fraction of sp³-hybridized carbons (Fsp3) is 0.800. The summed E-state index contributed by atoms with van der Waals surface area (Å²) >= 11 is 0. The van der Waals surface area contributed by atoms with E-state index in [0.29, 0.717) is 6.42 Å². The Labute approximate surface area is 79.8 Å². The van der Waals surface area contributed by atoms with Crippen molar-refractivity contribution < 1.29 is 5.11 Å². The minimum atomic E-state index is -0.745. The summed E-state index contributed by atoms with van der Waals surface area (Å²) in [5.74, 6) is 0. The van der Waals surface area contributed by atoms with Crippen molar-refractivity contribution in [3.8, 4) is 6.07 Å². The van der Waals surface area contributed by atoms with Gasteiger partial charge in [-0.2, -0.15) is 5.26 Å². The maximum absolute atomic E-state index is 8.50. The first-order valence-electron chi connectivity index (χ1n) is 2.39. The molecule has 0 rings (SSSR count). The fourth-order valence-corrected chi connectivity index (χ4v) is 0.338. The van der Waals surface area contributed by atoms with E-state index in [-0.39, 0.29) is 37.2 Å². The standard InChI is InChI=1S/C5H9NO.3ClH/c1-2-3-5(7)4-6;;;/h5,7H,2-3H2,1H3;3*1H. The number of rotatable bonds is 2. The highest BCUT2D eigenvalue weighted by atomic mass is 35.5. The second kappa shape index (κ2) is 16.2. The topological polar surface area (TPSA) is 44.0 Å². The van der Waals surface area contributed by atoms with Gasteiger partial charge in [-0.1, -0.05) is 13.3 Å². The van der Waals surface area contributed by atoms with E-state index in [4.69, 9.17) is 10.4 Å². The van der Waals surface area contributed by atoms with Crippen LogP contribution in [0, 0.1) is 11.3 Å². The van der Waals surface area contributed by atoms with E-state index in [1.165, 1.54) is 0 Å². The molecule has 0 aliphatic rings. The average Bonchev–Trinajstić information content (AvgIpc) is 1.68. The van der Waals surface area contributed by atoms with Crippen LogP contribution in [0.3, 0.4) is 0 Å². The number of nitrogens with zero attached hydrogens (tertiary/aromatic N) is 1. The number of nitriles is 1. The molecular weight excluding hydrogens is 196 g/mol. The van der Waals surface area contributed by atoms with Gasteiger partial charge in [0.05, 0.1) is 6.07 Å². The molecule has 2 nitrogen and oxygen atoms in total. The molecule has 0 saturated heterocycles. The molecule has 0 aliphatic heterocycles. The van der Waals surface area contributed by atoms with Crippen molar-refractivity contribution in [3.63, 3.8) is 0 Å². The van der Waals surface area contributed by atoms with E-state index in [1.54, 1.807) is 6.07 Å². The van der Waals surface area contributed by atoms with Gasteiger partial charge in [0.1, 0.15) is 6.10 Å². The van der Waals surface area contributed by atoms with Crippen molar-refractivity contribution in [1.29, 1.82) is 5.26 Å². The third-order valence-electron chi connectivity index (χ3n) is 0.711. The minimum Gasteiger partial charge on any atom is -0.378 e. The van der Waals surface area contributed by atoms with Crippen LogP contribution in [0.1, 0.15) is 19.8 Å². The van der Waals surface area contributed by atoms with Crippen molar-refractivity contribution in [1.82, 2.24) is 0 Å². The van der Waals surface area contributed by atoms with E-state index >= 15 is 0 Å². The third-order valence-corrected chi connectivity index (χ3v) is 0.711. The summed E-state index contributed by atoms with van der Waals surface area (Å²) in [6.45, 7) is 1.93. The summed E-state index contributed by atoms with van der Waals surface area (Å²) in [7, 11) is 0. The first kappa shape index (κ1) is 22.4. The summed E-state index contributed by atoms with van der Waals surface area (Å²) in [6.07, 6.45) is 0.718. The normalized spacial score (nSPS) is 8.90. The van der Waals surface area contributed by atoms with Gasteiger partial charge < -0.3 is 5.11 Å². The molecule has 0 amide bonds. The number of aliphatic hydroxyl groups excluding tert-OH is 1. The molecule has 0 aliphatic carbocycles. The van der Waals surface area contributed by atoms with Crippen LogP contribution < -0.4 is 0 Å². The lowest BCUT2D eigenvalue weighted by atomic mass is 10.2. The summed E-state index contributed by atoms with van der Waals surface area (Å²) in [6, 6.07) is 1.72. The quantitative estimate of drug-likeness (QED) is 0.705. The molecule has 0 saturated carbocycles. The SMILES string of the molecule is CCCC(O)C#N.Cl.Cl.Cl. The Morgan fingerprint density at radius 3 is 1.90 bits per heavy atom. The number of aliphatic hydroxyl groups is 1. The van der Waals surface area contributed by atoms with E-state index in [9.17, 15) is 0 Å². The summed E-state index contributed by atoms with van der Waals surface area (Å²) in [4.78, 5) is 0. The van der Waals surface area contributed by atoms with Crippen LogP contribution in [0.4, 0.5) is 0 Å². The molecule has 0 aromatic rings. The highest BCUT2D eigenvalue weighted by Crippen LogP contribution is 1.91. The largest absolute Gasteiger partial charge is 0.378 e. The third kappa shape index (κ3) is 15.8. The van der Waals surface area contributed by atoms with Crippen molar-refractivity contribution >= 4 is 37.2 Å². The van der Waals surface area contributed by atoms with Crippen molar-refractivity contribution in [2.75, 3.05) is 0 Å². The Kier molecular flexibility index (Phi) is 36.2. The lowest BCUT2D eigenvalue weighted by Crippen LogP contribution is -1.99. The smallest absolute Gasteiger partial charge is 0.140 e. The first-order chi connectivity index (χ1) is 3.31. The van der Waals surface area contributed by atoms with Gasteiger partial charge in [-0.3, -0.25) is 0 Å². The van der Waals surface area contributed by atoms with Crippen LogP contribution in [0.15, 0.2) is 0 Å². The van der Waals surface area contributed by atoms with Gasteiger partial charge in [-0.15, -0.1) is 37.2 Å². The molecule has 0 spiro atoms. The fourth-order valence-electron chi connectivity index (χ4n) is 0.338. The maximum atomic E-state index is 8.50. The average molecular weight is 209 g/mol. The molecule has 0 aromatic heterocycles. The highest BCUT2D eigenvalue weighted by molar-refractivity contribution is 5.86. The molecule has 0 heterocycles. The summed E-state index contributed by atoms with van der Waals surface area (Å²) < 4.78 is 0. The predicted molar refractivity (Wildman–Crippen MR) is 48.3 cm³/mol. The Hall–Kier alpha value is 0.320. The molecular formula is C5H12Cl3NO. The van der Waals surface area contributed by atoms with Crippen molar-refractivity contribution in [2.24, 2.45) is 0 Å². The lowest BCUT2D eigenvalue weighted by Gasteiger charge is -1.92. The number of halogens is 3. The van der Waals surface area contributed by atoms with Crippen LogP contribution in [0.5, 0.6) is 0 Å². The zero-order valence-corrected chi connectivity index (χ0v) is 8.06. The second-order valence-corrected chi connectivity index (χ2v) is 1.43. The maximum Gasteiger partial charge on any atom is 0.140 e. The first-order valence-corrected chi connectivity index (χ1v) is 2.39.